The van der Waals surface area contributed by atoms with E-state index in [1.54, 1.807) is 12.4 Å². The number of rotatable bonds is 7. The lowest BCUT2D eigenvalue weighted by Gasteiger charge is -2.28. The SMILES string of the molecule is O=C(CCN1C(=S)NC(c2ccccn2)C1c1cccn1-c1ccc(Cl)cn1)Nc1ccccc1. The largest absolute Gasteiger partial charge is 0.352 e. The second-order valence-electron chi connectivity index (χ2n) is 8.12. The number of nitrogens with zero attached hydrogens (tertiary/aromatic N) is 4. The Bertz CT molecular complexity index is 1310. The number of halogens is 1. The maximum absolute atomic E-state index is 12.7. The molecule has 35 heavy (non-hydrogen) atoms. The minimum atomic E-state index is -0.200. The van der Waals surface area contributed by atoms with Crippen LogP contribution >= 0.6 is 23.8 Å². The van der Waals surface area contributed by atoms with Crippen LogP contribution in [0.4, 0.5) is 5.69 Å². The normalized spacial score (nSPS) is 17.3. The van der Waals surface area contributed by atoms with Crippen LogP contribution in [0, 0.1) is 0 Å². The molecular weight excluding hydrogens is 480 g/mol. The van der Waals surface area contributed by atoms with Gasteiger partial charge in [0.05, 0.1) is 22.8 Å². The van der Waals surface area contributed by atoms with Crippen molar-refractivity contribution < 1.29 is 4.79 Å². The number of hydrogen-bond donors (Lipinski definition) is 2. The molecule has 3 aromatic heterocycles. The summed E-state index contributed by atoms with van der Waals surface area (Å²) in [6.07, 6.45) is 5.64. The van der Waals surface area contributed by atoms with E-state index in [0.717, 1.165) is 22.9 Å². The highest BCUT2D eigenvalue weighted by atomic mass is 35.5. The first kappa shape index (κ1) is 23.0. The molecule has 9 heteroatoms. The Labute approximate surface area is 213 Å². The molecule has 0 radical (unpaired) electrons. The van der Waals surface area contributed by atoms with Crippen molar-refractivity contribution in [3.8, 4) is 5.82 Å². The maximum atomic E-state index is 12.7. The summed E-state index contributed by atoms with van der Waals surface area (Å²) in [4.78, 5) is 23.8. The van der Waals surface area contributed by atoms with Gasteiger partial charge in [-0.1, -0.05) is 35.9 Å². The summed E-state index contributed by atoms with van der Waals surface area (Å²) < 4.78 is 2.02. The molecule has 0 aliphatic carbocycles. The van der Waals surface area contributed by atoms with Gasteiger partial charge in [-0.25, -0.2) is 4.98 Å². The molecule has 1 aliphatic rings. The van der Waals surface area contributed by atoms with Gasteiger partial charge in [0.2, 0.25) is 5.91 Å². The third-order valence-electron chi connectivity index (χ3n) is 5.88. The van der Waals surface area contributed by atoms with Gasteiger partial charge in [-0.2, -0.15) is 0 Å². The fourth-order valence-electron chi connectivity index (χ4n) is 4.29. The van der Waals surface area contributed by atoms with Gasteiger partial charge >= 0.3 is 0 Å². The number of pyridine rings is 2. The Hall–Kier alpha value is -3.75. The monoisotopic (exact) mass is 502 g/mol. The van der Waals surface area contributed by atoms with Crippen LogP contribution in [-0.2, 0) is 4.79 Å². The Balaban J connectivity index is 1.45. The summed E-state index contributed by atoms with van der Waals surface area (Å²) in [6.45, 7) is 0.442. The van der Waals surface area contributed by atoms with Gasteiger partial charge in [0.25, 0.3) is 0 Å². The van der Waals surface area contributed by atoms with E-state index in [1.807, 2.05) is 83.6 Å². The molecule has 0 saturated carbocycles. The van der Waals surface area contributed by atoms with Crippen LogP contribution < -0.4 is 10.6 Å². The number of aromatic nitrogens is 3. The zero-order valence-electron chi connectivity index (χ0n) is 18.7. The van der Waals surface area contributed by atoms with Crippen LogP contribution in [0.2, 0.25) is 5.02 Å². The van der Waals surface area contributed by atoms with Crippen LogP contribution in [0.25, 0.3) is 5.82 Å². The van der Waals surface area contributed by atoms with E-state index in [4.69, 9.17) is 23.8 Å². The van der Waals surface area contributed by atoms with E-state index >= 15 is 0 Å². The molecule has 0 bridgehead atoms. The molecule has 4 aromatic rings. The van der Waals surface area contributed by atoms with Crippen LogP contribution in [0.15, 0.2) is 91.4 Å². The summed E-state index contributed by atoms with van der Waals surface area (Å²) in [5.74, 6) is 0.669. The Kier molecular flexibility index (Phi) is 6.74. The first-order chi connectivity index (χ1) is 17.1. The van der Waals surface area contributed by atoms with Gasteiger partial charge in [0, 0.05) is 42.9 Å². The lowest BCUT2D eigenvalue weighted by molar-refractivity contribution is -0.116. The number of para-hydroxylation sites is 1. The molecule has 2 atom stereocenters. The summed E-state index contributed by atoms with van der Waals surface area (Å²) >= 11 is 11.8. The number of hydrogen-bond acceptors (Lipinski definition) is 4. The lowest BCUT2D eigenvalue weighted by Crippen LogP contribution is -2.33. The zero-order valence-corrected chi connectivity index (χ0v) is 20.3. The van der Waals surface area contributed by atoms with E-state index in [0.29, 0.717) is 16.7 Å². The Morgan fingerprint density at radius 3 is 2.60 bits per heavy atom. The average molecular weight is 503 g/mol. The number of carbonyl (C=O) groups is 1. The standard InChI is InChI=1S/C26H23ClN6OS/c27-18-11-12-22(29-17-18)32-15-6-10-21(32)25-24(20-9-4-5-14-28-20)31-26(35)33(25)16-13-23(34)30-19-7-2-1-3-8-19/h1-12,14-15,17,24-25H,13,16H2,(H,30,34)(H,31,35). The molecular formula is C26H23ClN6OS. The molecule has 1 aromatic carbocycles. The minimum absolute atomic E-state index is 0.0752. The third-order valence-corrected chi connectivity index (χ3v) is 6.45. The molecule has 2 unspecified atom stereocenters. The molecule has 7 nitrogen and oxygen atoms in total. The maximum Gasteiger partial charge on any atom is 0.226 e. The first-order valence-corrected chi connectivity index (χ1v) is 12.0. The minimum Gasteiger partial charge on any atom is -0.352 e. The number of amides is 1. The van der Waals surface area contributed by atoms with Crippen LogP contribution in [0.1, 0.15) is 29.9 Å². The summed E-state index contributed by atoms with van der Waals surface area (Å²) in [5.41, 5.74) is 2.62. The van der Waals surface area contributed by atoms with Crippen molar-refractivity contribution in [1.29, 1.82) is 0 Å². The predicted molar refractivity (Wildman–Crippen MR) is 140 cm³/mol. The van der Waals surface area contributed by atoms with Crippen molar-refractivity contribution >= 4 is 40.5 Å². The van der Waals surface area contributed by atoms with Crippen molar-refractivity contribution in [3.05, 3.63) is 108 Å². The van der Waals surface area contributed by atoms with Crippen LogP contribution in [0.3, 0.4) is 0 Å². The van der Waals surface area contributed by atoms with Gasteiger partial charge in [-0.15, -0.1) is 0 Å². The van der Waals surface area contributed by atoms with Gasteiger partial charge in [0.15, 0.2) is 5.11 Å². The highest BCUT2D eigenvalue weighted by Gasteiger charge is 2.41. The molecule has 1 amide bonds. The second kappa shape index (κ2) is 10.2. The number of nitrogens with one attached hydrogen (secondary N) is 2. The number of thiocarbonyl (C=S) groups is 1. The van der Waals surface area contributed by atoms with Gasteiger partial charge in [-0.05, 0) is 60.7 Å². The average Bonchev–Trinajstić information content (AvgIpc) is 3.48. The number of anilines is 1. The highest BCUT2D eigenvalue weighted by Crippen LogP contribution is 2.39. The van der Waals surface area contributed by atoms with Gasteiger partial charge in [-0.3, -0.25) is 9.78 Å². The molecule has 2 N–H and O–H groups in total. The number of benzene rings is 1. The molecule has 1 saturated heterocycles. The Morgan fingerprint density at radius 1 is 1.03 bits per heavy atom. The molecule has 1 fully saturated rings. The first-order valence-electron chi connectivity index (χ1n) is 11.2. The zero-order chi connectivity index (χ0) is 24.2. The molecule has 176 valence electrons. The smallest absolute Gasteiger partial charge is 0.226 e. The topological polar surface area (TPSA) is 75.1 Å². The highest BCUT2D eigenvalue weighted by molar-refractivity contribution is 7.80. The molecule has 5 rings (SSSR count). The van der Waals surface area contributed by atoms with E-state index < -0.39 is 0 Å². The van der Waals surface area contributed by atoms with Gasteiger partial charge < -0.3 is 20.1 Å². The second-order valence-corrected chi connectivity index (χ2v) is 8.95. The molecule has 4 heterocycles. The van der Waals surface area contributed by atoms with Crippen LogP contribution in [0.5, 0.6) is 0 Å². The fraction of sp³-hybridized carbons (Fsp3) is 0.154. The summed E-state index contributed by atoms with van der Waals surface area (Å²) in [7, 11) is 0. The fourth-order valence-corrected chi connectivity index (χ4v) is 4.73. The summed E-state index contributed by atoms with van der Waals surface area (Å²) in [5, 5.41) is 7.53. The predicted octanol–water partition coefficient (Wildman–Crippen LogP) is 4.92. The van der Waals surface area contributed by atoms with Crippen molar-refractivity contribution in [2.45, 2.75) is 18.5 Å². The van der Waals surface area contributed by atoms with E-state index in [2.05, 4.69) is 25.5 Å². The quantitative estimate of drug-likeness (QED) is 0.349. The molecule has 1 aliphatic heterocycles. The van der Waals surface area contributed by atoms with Crippen molar-refractivity contribution in [2.24, 2.45) is 0 Å². The Morgan fingerprint density at radius 2 is 1.86 bits per heavy atom. The number of carbonyl (C=O) groups excluding carboxylic acids is 1. The van der Waals surface area contributed by atoms with Crippen molar-refractivity contribution in [1.82, 2.24) is 24.8 Å². The third kappa shape index (κ3) is 5.03. The van der Waals surface area contributed by atoms with E-state index in [9.17, 15) is 4.79 Å². The van der Waals surface area contributed by atoms with Crippen molar-refractivity contribution in [3.63, 3.8) is 0 Å². The van der Waals surface area contributed by atoms with E-state index in [1.165, 1.54) is 0 Å². The van der Waals surface area contributed by atoms with Crippen molar-refractivity contribution in [2.75, 3.05) is 11.9 Å². The summed E-state index contributed by atoms with van der Waals surface area (Å²) in [6, 6.07) is 22.6. The van der Waals surface area contributed by atoms with E-state index in [-0.39, 0.29) is 24.4 Å². The molecule has 0 spiro atoms. The van der Waals surface area contributed by atoms with Crippen LogP contribution in [-0.4, -0.2) is 37.0 Å². The lowest BCUT2D eigenvalue weighted by atomic mass is 10.0. The van der Waals surface area contributed by atoms with Gasteiger partial charge in [0.1, 0.15) is 5.82 Å².